The third-order valence-corrected chi connectivity index (χ3v) is 3.01. The molecule has 1 rings (SSSR count). The molecule has 4 heteroatoms. The molecular formula is C12H15FO2S. The molecule has 0 saturated heterocycles. The minimum atomic E-state index is -0.466. The fourth-order valence-electron chi connectivity index (χ4n) is 1.12. The molecule has 0 bridgehead atoms. The maximum absolute atomic E-state index is 13.2. The summed E-state index contributed by atoms with van der Waals surface area (Å²) in [4.78, 5) is 11.4. The number of rotatable bonds is 4. The van der Waals surface area contributed by atoms with E-state index in [0.717, 1.165) is 0 Å². The molecule has 0 aliphatic rings. The fourth-order valence-corrected chi connectivity index (χ4v) is 1.20. The van der Waals surface area contributed by atoms with Gasteiger partial charge in [-0.05, 0) is 12.0 Å². The number of benzene rings is 1. The number of hydrogen-bond acceptors (Lipinski definition) is 3. The summed E-state index contributed by atoms with van der Waals surface area (Å²) in [6.45, 7) is 3.71. The molecule has 0 heterocycles. The molecule has 1 aromatic carbocycles. The van der Waals surface area contributed by atoms with Crippen LogP contribution in [0, 0.1) is 11.7 Å². The molecule has 1 aromatic rings. The van der Waals surface area contributed by atoms with Crippen LogP contribution in [0.1, 0.15) is 19.4 Å². The van der Waals surface area contributed by atoms with Gasteiger partial charge in [-0.25, -0.2) is 4.39 Å². The van der Waals surface area contributed by atoms with E-state index in [-0.39, 0.29) is 18.3 Å². The Bertz CT molecular complexity index is 366. The van der Waals surface area contributed by atoms with Crippen molar-refractivity contribution in [2.24, 2.45) is 5.92 Å². The standard InChI is InChI=1S/C12H15FO2S/c1-8(2)11(16)12(14)15-7-9-5-3-4-6-10(9)13/h3-6,8,11,16H,7H2,1-2H3. The summed E-state index contributed by atoms with van der Waals surface area (Å²) in [5, 5.41) is -0.466. The van der Waals surface area contributed by atoms with Crippen molar-refractivity contribution in [1.82, 2.24) is 0 Å². The van der Waals surface area contributed by atoms with Crippen molar-refractivity contribution >= 4 is 18.6 Å². The molecule has 0 amide bonds. The van der Waals surface area contributed by atoms with Gasteiger partial charge in [-0.2, -0.15) is 12.6 Å². The molecule has 2 nitrogen and oxygen atoms in total. The summed E-state index contributed by atoms with van der Waals surface area (Å²) in [5.74, 6) is -0.686. The van der Waals surface area contributed by atoms with Crippen molar-refractivity contribution in [3.63, 3.8) is 0 Å². The van der Waals surface area contributed by atoms with E-state index in [9.17, 15) is 9.18 Å². The molecular weight excluding hydrogens is 227 g/mol. The van der Waals surface area contributed by atoms with Gasteiger partial charge in [-0.1, -0.05) is 32.0 Å². The Hall–Kier alpha value is -1.03. The quantitative estimate of drug-likeness (QED) is 0.649. The van der Waals surface area contributed by atoms with Crippen molar-refractivity contribution in [1.29, 1.82) is 0 Å². The van der Waals surface area contributed by atoms with Crippen molar-refractivity contribution in [3.8, 4) is 0 Å². The van der Waals surface area contributed by atoms with E-state index >= 15 is 0 Å². The normalized spacial score (nSPS) is 12.6. The molecule has 16 heavy (non-hydrogen) atoms. The molecule has 0 aliphatic heterocycles. The highest BCUT2D eigenvalue weighted by molar-refractivity contribution is 7.81. The molecule has 0 N–H and O–H groups in total. The molecule has 0 fully saturated rings. The Morgan fingerprint density at radius 3 is 2.62 bits per heavy atom. The second-order valence-electron chi connectivity index (χ2n) is 3.89. The predicted molar refractivity (Wildman–Crippen MR) is 63.8 cm³/mol. The van der Waals surface area contributed by atoms with Crippen molar-refractivity contribution in [2.75, 3.05) is 0 Å². The van der Waals surface area contributed by atoms with Crippen LogP contribution in [0.5, 0.6) is 0 Å². The lowest BCUT2D eigenvalue weighted by atomic mass is 10.1. The first-order valence-electron chi connectivity index (χ1n) is 5.10. The zero-order chi connectivity index (χ0) is 12.1. The number of carbonyl (C=O) groups excluding carboxylic acids is 1. The van der Waals surface area contributed by atoms with E-state index in [2.05, 4.69) is 12.6 Å². The fraction of sp³-hybridized carbons (Fsp3) is 0.417. The SMILES string of the molecule is CC(C)C(S)C(=O)OCc1ccccc1F. The van der Waals surface area contributed by atoms with Crippen LogP contribution in [-0.2, 0) is 16.1 Å². The average molecular weight is 242 g/mol. The summed E-state index contributed by atoms with van der Waals surface area (Å²) >= 11 is 4.12. The van der Waals surface area contributed by atoms with Crippen LogP contribution in [0.15, 0.2) is 24.3 Å². The molecule has 0 radical (unpaired) electrons. The highest BCUT2D eigenvalue weighted by atomic mass is 32.1. The van der Waals surface area contributed by atoms with Crippen LogP contribution in [0.25, 0.3) is 0 Å². The van der Waals surface area contributed by atoms with Gasteiger partial charge in [-0.15, -0.1) is 0 Å². The largest absolute Gasteiger partial charge is 0.460 e. The van der Waals surface area contributed by atoms with Crippen LogP contribution in [0.2, 0.25) is 0 Å². The second-order valence-corrected chi connectivity index (χ2v) is 4.44. The number of thiol groups is 1. The number of halogens is 1. The maximum Gasteiger partial charge on any atom is 0.319 e. The summed E-state index contributed by atoms with van der Waals surface area (Å²) in [6.07, 6.45) is 0. The molecule has 0 aliphatic carbocycles. The molecule has 88 valence electrons. The smallest absolute Gasteiger partial charge is 0.319 e. The van der Waals surface area contributed by atoms with E-state index in [0.29, 0.717) is 5.56 Å². The average Bonchev–Trinajstić information content (AvgIpc) is 2.26. The first kappa shape index (κ1) is 13.0. The monoisotopic (exact) mass is 242 g/mol. The zero-order valence-corrected chi connectivity index (χ0v) is 10.2. The summed E-state index contributed by atoms with van der Waals surface area (Å²) in [7, 11) is 0. The van der Waals surface area contributed by atoms with Crippen LogP contribution in [-0.4, -0.2) is 11.2 Å². The third kappa shape index (κ3) is 3.52. The van der Waals surface area contributed by atoms with E-state index in [1.807, 2.05) is 13.8 Å². The summed E-state index contributed by atoms with van der Waals surface area (Å²) < 4.78 is 18.2. The number of esters is 1. The Kier molecular flexibility index (Phi) is 4.80. The van der Waals surface area contributed by atoms with E-state index in [4.69, 9.17) is 4.74 Å². The van der Waals surface area contributed by atoms with Gasteiger partial charge in [0.2, 0.25) is 0 Å². The minimum absolute atomic E-state index is 0.0463. The summed E-state index contributed by atoms with van der Waals surface area (Å²) in [5.41, 5.74) is 0.375. The summed E-state index contributed by atoms with van der Waals surface area (Å²) in [6, 6.07) is 6.22. The number of hydrogen-bond donors (Lipinski definition) is 1. The minimum Gasteiger partial charge on any atom is -0.460 e. The molecule has 1 unspecified atom stereocenters. The van der Waals surface area contributed by atoms with Gasteiger partial charge < -0.3 is 4.74 Å². The van der Waals surface area contributed by atoms with E-state index < -0.39 is 11.2 Å². The van der Waals surface area contributed by atoms with Crippen LogP contribution in [0.3, 0.4) is 0 Å². The Morgan fingerprint density at radius 1 is 1.44 bits per heavy atom. The first-order valence-corrected chi connectivity index (χ1v) is 5.62. The highest BCUT2D eigenvalue weighted by Crippen LogP contribution is 2.13. The lowest BCUT2D eigenvalue weighted by Gasteiger charge is -2.13. The Balaban J connectivity index is 2.52. The highest BCUT2D eigenvalue weighted by Gasteiger charge is 2.19. The van der Waals surface area contributed by atoms with Gasteiger partial charge in [-0.3, -0.25) is 4.79 Å². The van der Waals surface area contributed by atoms with Gasteiger partial charge in [0.15, 0.2) is 0 Å². The van der Waals surface area contributed by atoms with Gasteiger partial charge in [0, 0.05) is 5.56 Å². The van der Waals surface area contributed by atoms with Crippen molar-refractivity contribution in [2.45, 2.75) is 25.7 Å². The number of ether oxygens (including phenoxy) is 1. The van der Waals surface area contributed by atoms with Crippen molar-refractivity contribution in [3.05, 3.63) is 35.6 Å². The van der Waals surface area contributed by atoms with Gasteiger partial charge >= 0.3 is 5.97 Å². The molecule has 1 atom stereocenters. The molecule has 0 saturated carbocycles. The number of carbonyl (C=O) groups is 1. The third-order valence-electron chi connectivity index (χ3n) is 2.20. The van der Waals surface area contributed by atoms with Crippen molar-refractivity contribution < 1.29 is 13.9 Å². The second kappa shape index (κ2) is 5.89. The maximum atomic E-state index is 13.2. The van der Waals surface area contributed by atoms with Crippen LogP contribution >= 0.6 is 12.6 Å². The Morgan fingerprint density at radius 2 is 2.06 bits per heavy atom. The van der Waals surface area contributed by atoms with Crippen LogP contribution < -0.4 is 0 Å². The van der Waals surface area contributed by atoms with Gasteiger partial charge in [0.1, 0.15) is 17.7 Å². The van der Waals surface area contributed by atoms with Crippen LogP contribution in [0.4, 0.5) is 4.39 Å². The van der Waals surface area contributed by atoms with E-state index in [1.165, 1.54) is 6.07 Å². The van der Waals surface area contributed by atoms with Gasteiger partial charge in [0.05, 0.1) is 0 Å². The topological polar surface area (TPSA) is 26.3 Å². The Labute approximate surface area is 100 Å². The molecule has 0 spiro atoms. The predicted octanol–water partition coefficient (Wildman–Crippen LogP) is 2.82. The lowest BCUT2D eigenvalue weighted by Crippen LogP contribution is -2.23. The zero-order valence-electron chi connectivity index (χ0n) is 9.31. The lowest BCUT2D eigenvalue weighted by molar-refractivity contribution is -0.145. The molecule has 0 aromatic heterocycles. The van der Waals surface area contributed by atoms with Gasteiger partial charge in [0.25, 0.3) is 0 Å². The first-order chi connectivity index (χ1) is 7.52. The van der Waals surface area contributed by atoms with E-state index in [1.54, 1.807) is 18.2 Å².